The standard InChI is InChI=1S/C15H27N5/c1-12(18(2)3)13-6-10-20(11-7-13)15-14(19(4)5)16-8-9-17-15/h8-9,12-13H,6-7,10-11H2,1-5H3. The predicted octanol–water partition coefficient (Wildman–Crippen LogP) is 1.71. The molecule has 1 aliphatic heterocycles. The van der Waals surface area contributed by atoms with Crippen molar-refractivity contribution in [2.75, 3.05) is 51.1 Å². The normalized spacial score (nSPS) is 18.4. The van der Waals surface area contributed by atoms with E-state index in [9.17, 15) is 0 Å². The van der Waals surface area contributed by atoms with Gasteiger partial charge in [-0.05, 0) is 39.8 Å². The first kappa shape index (κ1) is 15.0. The van der Waals surface area contributed by atoms with Gasteiger partial charge in [0.2, 0.25) is 0 Å². The topological polar surface area (TPSA) is 35.5 Å². The lowest BCUT2D eigenvalue weighted by Gasteiger charge is -2.38. The maximum Gasteiger partial charge on any atom is 0.171 e. The highest BCUT2D eigenvalue weighted by Crippen LogP contribution is 2.29. The van der Waals surface area contributed by atoms with Gasteiger partial charge in [0, 0.05) is 45.6 Å². The Kier molecular flexibility index (Phi) is 4.81. The molecule has 1 fully saturated rings. The van der Waals surface area contributed by atoms with E-state index in [0.717, 1.165) is 30.6 Å². The molecule has 0 aliphatic carbocycles. The molecule has 2 heterocycles. The van der Waals surface area contributed by atoms with Crippen LogP contribution < -0.4 is 9.80 Å². The van der Waals surface area contributed by atoms with Gasteiger partial charge < -0.3 is 14.7 Å². The van der Waals surface area contributed by atoms with E-state index in [2.05, 4.69) is 40.8 Å². The SMILES string of the molecule is CC(C1CCN(c2nccnc2N(C)C)CC1)N(C)C. The number of piperidine rings is 1. The molecule has 0 N–H and O–H groups in total. The van der Waals surface area contributed by atoms with Crippen LogP contribution in [0.4, 0.5) is 11.6 Å². The Bertz CT molecular complexity index is 424. The third kappa shape index (κ3) is 3.20. The van der Waals surface area contributed by atoms with Gasteiger partial charge in [-0.3, -0.25) is 0 Å². The maximum absolute atomic E-state index is 4.54. The van der Waals surface area contributed by atoms with Crippen LogP contribution in [0.3, 0.4) is 0 Å². The molecule has 1 atom stereocenters. The second-order valence-electron chi connectivity index (χ2n) is 6.13. The van der Waals surface area contributed by atoms with Gasteiger partial charge in [0.1, 0.15) is 0 Å². The summed E-state index contributed by atoms with van der Waals surface area (Å²) < 4.78 is 0. The minimum atomic E-state index is 0.646. The Hall–Kier alpha value is -1.36. The molecule has 1 aromatic heterocycles. The molecule has 1 saturated heterocycles. The smallest absolute Gasteiger partial charge is 0.171 e. The summed E-state index contributed by atoms with van der Waals surface area (Å²) >= 11 is 0. The van der Waals surface area contributed by atoms with Gasteiger partial charge in [-0.15, -0.1) is 0 Å². The second-order valence-corrected chi connectivity index (χ2v) is 6.13. The van der Waals surface area contributed by atoms with Crippen molar-refractivity contribution >= 4 is 11.6 Å². The summed E-state index contributed by atoms with van der Waals surface area (Å²) in [6, 6.07) is 0.646. The first-order valence-corrected chi connectivity index (χ1v) is 7.40. The highest BCUT2D eigenvalue weighted by atomic mass is 15.3. The van der Waals surface area contributed by atoms with Crippen LogP contribution >= 0.6 is 0 Å². The van der Waals surface area contributed by atoms with Crippen molar-refractivity contribution in [3.63, 3.8) is 0 Å². The molecule has 5 heteroatoms. The maximum atomic E-state index is 4.54. The number of nitrogens with zero attached hydrogens (tertiary/aromatic N) is 5. The molecule has 0 aromatic carbocycles. The number of aromatic nitrogens is 2. The lowest BCUT2D eigenvalue weighted by molar-refractivity contribution is 0.199. The predicted molar refractivity (Wildman–Crippen MR) is 84.4 cm³/mol. The Morgan fingerprint density at radius 3 is 2.25 bits per heavy atom. The largest absolute Gasteiger partial charge is 0.360 e. The fraction of sp³-hybridized carbons (Fsp3) is 0.733. The summed E-state index contributed by atoms with van der Waals surface area (Å²) in [5.41, 5.74) is 0. The third-order valence-corrected chi connectivity index (χ3v) is 4.42. The van der Waals surface area contributed by atoms with E-state index in [-0.39, 0.29) is 0 Å². The van der Waals surface area contributed by atoms with E-state index in [4.69, 9.17) is 0 Å². The molecule has 5 nitrogen and oxygen atoms in total. The third-order valence-electron chi connectivity index (χ3n) is 4.42. The lowest BCUT2D eigenvalue weighted by atomic mass is 9.90. The number of hydrogen-bond acceptors (Lipinski definition) is 5. The zero-order valence-electron chi connectivity index (χ0n) is 13.4. The van der Waals surface area contributed by atoms with Gasteiger partial charge in [-0.1, -0.05) is 0 Å². The summed E-state index contributed by atoms with van der Waals surface area (Å²) in [6.07, 6.45) is 6.00. The van der Waals surface area contributed by atoms with E-state index in [1.165, 1.54) is 12.8 Å². The zero-order valence-corrected chi connectivity index (χ0v) is 13.4. The molecular formula is C15H27N5. The zero-order chi connectivity index (χ0) is 14.7. The summed E-state index contributed by atoms with van der Waals surface area (Å²) in [5.74, 6) is 2.76. The van der Waals surface area contributed by atoms with E-state index < -0.39 is 0 Å². The molecule has 2 rings (SSSR count). The summed E-state index contributed by atoms with van der Waals surface area (Å²) in [6.45, 7) is 4.47. The average Bonchev–Trinajstić information content (AvgIpc) is 2.46. The molecule has 20 heavy (non-hydrogen) atoms. The van der Waals surface area contributed by atoms with Crippen molar-refractivity contribution in [3.8, 4) is 0 Å². The number of rotatable bonds is 4. The molecule has 0 spiro atoms. The van der Waals surface area contributed by atoms with Crippen LogP contribution in [0.25, 0.3) is 0 Å². The minimum absolute atomic E-state index is 0.646. The van der Waals surface area contributed by atoms with Crippen molar-refractivity contribution in [3.05, 3.63) is 12.4 Å². The minimum Gasteiger partial charge on any atom is -0.360 e. The number of hydrogen-bond donors (Lipinski definition) is 0. The average molecular weight is 277 g/mol. The quantitative estimate of drug-likeness (QED) is 0.837. The van der Waals surface area contributed by atoms with Gasteiger partial charge in [0.15, 0.2) is 11.6 Å². The first-order chi connectivity index (χ1) is 9.50. The van der Waals surface area contributed by atoms with Crippen LogP contribution in [-0.4, -0.2) is 62.2 Å². The number of anilines is 2. The molecule has 0 bridgehead atoms. The molecule has 0 radical (unpaired) electrons. The molecule has 1 unspecified atom stereocenters. The van der Waals surface area contributed by atoms with Crippen molar-refractivity contribution in [1.82, 2.24) is 14.9 Å². The monoisotopic (exact) mass is 277 g/mol. The van der Waals surface area contributed by atoms with Crippen LogP contribution in [0.2, 0.25) is 0 Å². The van der Waals surface area contributed by atoms with Crippen LogP contribution in [0, 0.1) is 5.92 Å². The summed E-state index contributed by atoms with van der Waals surface area (Å²) in [5, 5.41) is 0. The van der Waals surface area contributed by atoms with Crippen LogP contribution in [0.1, 0.15) is 19.8 Å². The molecule has 1 aromatic rings. The van der Waals surface area contributed by atoms with E-state index in [1.807, 2.05) is 19.0 Å². The fourth-order valence-electron chi connectivity index (χ4n) is 2.88. The van der Waals surface area contributed by atoms with Crippen LogP contribution in [0.5, 0.6) is 0 Å². The van der Waals surface area contributed by atoms with Crippen molar-refractivity contribution in [2.24, 2.45) is 5.92 Å². The lowest BCUT2D eigenvalue weighted by Crippen LogP contribution is -2.42. The fourth-order valence-corrected chi connectivity index (χ4v) is 2.88. The highest BCUT2D eigenvalue weighted by Gasteiger charge is 2.27. The molecule has 112 valence electrons. The summed E-state index contributed by atoms with van der Waals surface area (Å²) in [4.78, 5) is 15.7. The van der Waals surface area contributed by atoms with E-state index in [0.29, 0.717) is 6.04 Å². The van der Waals surface area contributed by atoms with Gasteiger partial charge in [0.05, 0.1) is 0 Å². The van der Waals surface area contributed by atoms with Crippen LogP contribution in [-0.2, 0) is 0 Å². The van der Waals surface area contributed by atoms with Gasteiger partial charge in [-0.2, -0.15) is 0 Å². The Morgan fingerprint density at radius 2 is 1.70 bits per heavy atom. The molecule has 0 amide bonds. The highest BCUT2D eigenvalue weighted by molar-refractivity contribution is 5.61. The molecule has 1 aliphatic rings. The van der Waals surface area contributed by atoms with Gasteiger partial charge in [-0.25, -0.2) is 9.97 Å². The molecular weight excluding hydrogens is 250 g/mol. The second kappa shape index (κ2) is 6.39. The Morgan fingerprint density at radius 1 is 1.10 bits per heavy atom. The summed E-state index contributed by atoms with van der Waals surface area (Å²) in [7, 11) is 8.39. The van der Waals surface area contributed by atoms with E-state index >= 15 is 0 Å². The van der Waals surface area contributed by atoms with Crippen molar-refractivity contribution in [1.29, 1.82) is 0 Å². The molecule has 0 saturated carbocycles. The van der Waals surface area contributed by atoms with Gasteiger partial charge in [0.25, 0.3) is 0 Å². The Balaban J connectivity index is 2.04. The van der Waals surface area contributed by atoms with Gasteiger partial charge >= 0.3 is 0 Å². The Labute approximate surface area is 122 Å². The van der Waals surface area contributed by atoms with E-state index in [1.54, 1.807) is 12.4 Å². The van der Waals surface area contributed by atoms with Crippen molar-refractivity contribution in [2.45, 2.75) is 25.8 Å². The first-order valence-electron chi connectivity index (χ1n) is 7.40. The van der Waals surface area contributed by atoms with Crippen molar-refractivity contribution < 1.29 is 0 Å². The van der Waals surface area contributed by atoms with Crippen LogP contribution in [0.15, 0.2) is 12.4 Å².